The molecule has 2 atom stereocenters. The predicted octanol–water partition coefficient (Wildman–Crippen LogP) is 2.47. The highest BCUT2D eigenvalue weighted by Crippen LogP contribution is 2.48. The third kappa shape index (κ3) is 3.02. The molecule has 7 nitrogen and oxygen atoms in total. The largest absolute Gasteiger partial charge is 0.503 e. The zero-order valence-electron chi connectivity index (χ0n) is 17.6. The molecule has 5 rings (SSSR count). The first-order valence-corrected chi connectivity index (χ1v) is 10.7. The summed E-state index contributed by atoms with van der Waals surface area (Å²) in [4.78, 5) is 40.3. The molecule has 2 aromatic rings. The Bertz CT molecular complexity index is 1200. The maximum atomic E-state index is 14.1. The van der Waals surface area contributed by atoms with Crippen LogP contribution in [0.3, 0.4) is 0 Å². The van der Waals surface area contributed by atoms with Gasteiger partial charge in [-0.2, -0.15) is 0 Å². The van der Waals surface area contributed by atoms with Crippen molar-refractivity contribution in [2.24, 2.45) is 5.92 Å². The van der Waals surface area contributed by atoms with Crippen LogP contribution in [0.5, 0.6) is 5.75 Å². The number of nitrogens with one attached hydrogen (secondary N) is 1. The molecule has 2 fully saturated rings. The fraction of sp³-hybridized carbons (Fsp3) is 0.435. The maximum absolute atomic E-state index is 14.1. The quantitative estimate of drug-likeness (QED) is 0.763. The lowest BCUT2D eigenvalue weighted by Gasteiger charge is -2.44. The number of pyridine rings is 1. The van der Waals surface area contributed by atoms with Gasteiger partial charge >= 0.3 is 0 Å². The van der Waals surface area contributed by atoms with Crippen LogP contribution in [0.15, 0.2) is 23.1 Å². The van der Waals surface area contributed by atoms with Crippen molar-refractivity contribution < 1.29 is 23.5 Å². The van der Waals surface area contributed by atoms with E-state index in [0.717, 1.165) is 37.8 Å². The number of fused-ring (bicyclic) bond motifs is 2. The maximum Gasteiger partial charge on any atom is 0.275 e. The lowest BCUT2D eigenvalue weighted by atomic mass is 9.79. The van der Waals surface area contributed by atoms with E-state index < -0.39 is 41.2 Å². The summed E-state index contributed by atoms with van der Waals surface area (Å²) in [5.74, 6) is -3.24. The average molecular weight is 443 g/mol. The second-order valence-corrected chi connectivity index (χ2v) is 9.19. The summed E-state index contributed by atoms with van der Waals surface area (Å²) in [6.45, 7) is 2.09. The van der Waals surface area contributed by atoms with Crippen LogP contribution in [-0.2, 0) is 13.1 Å². The highest BCUT2D eigenvalue weighted by molar-refractivity contribution is 5.99. The molecule has 1 spiro atoms. The van der Waals surface area contributed by atoms with Crippen LogP contribution >= 0.6 is 0 Å². The minimum absolute atomic E-state index is 0.111. The zero-order valence-corrected chi connectivity index (χ0v) is 17.6. The number of aromatic hydroxyl groups is 1. The Morgan fingerprint density at radius 1 is 1.28 bits per heavy atom. The number of hydrogen-bond donors (Lipinski definition) is 2. The fourth-order valence-corrected chi connectivity index (χ4v) is 5.61. The van der Waals surface area contributed by atoms with Gasteiger partial charge in [0.15, 0.2) is 11.4 Å². The summed E-state index contributed by atoms with van der Waals surface area (Å²) < 4.78 is 29.7. The molecule has 1 saturated heterocycles. The molecule has 2 amide bonds. The van der Waals surface area contributed by atoms with E-state index in [2.05, 4.69) is 5.32 Å². The molecule has 3 heterocycles. The van der Waals surface area contributed by atoms with Gasteiger partial charge in [0, 0.05) is 31.4 Å². The Hall–Kier alpha value is -3.23. The van der Waals surface area contributed by atoms with E-state index in [1.54, 1.807) is 11.8 Å². The molecular weight excluding hydrogens is 420 g/mol. The third-order valence-corrected chi connectivity index (χ3v) is 7.06. The molecule has 0 unspecified atom stereocenters. The molecule has 1 saturated carbocycles. The van der Waals surface area contributed by atoms with E-state index in [9.17, 15) is 28.3 Å². The molecule has 1 aromatic heterocycles. The van der Waals surface area contributed by atoms with Gasteiger partial charge in [0.2, 0.25) is 5.43 Å². The van der Waals surface area contributed by atoms with Crippen LogP contribution < -0.4 is 10.7 Å². The second-order valence-electron chi connectivity index (χ2n) is 9.19. The molecule has 168 valence electrons. The minimum Gasteiger partial charge on any atom is -0.503 e. The third-order valence-electron chi connectivity index (χ3n) is 7.06. The summed E-state index contributed by atoms with van der Waals surface area (Å²) in [5.41, 5.74) is -1.75. The van der Waals surface area contributed by atoms with Crippen molar-refractivity contribution in [1.29, 1.82) is 0 Å². The summed E-state index contributed by atoms with van der Waals surface area (Å²) in [6, 6.07) is 2.31. The van der Waals surface area contributed by atoms with Gasteiger partial charge in [0.1, 0.15) is 17.2 Å². The molecule has 3 aliphatic rings. The van der Waals surface area contributed by atoms with Crippen LogP contribution in [0.4, 0.5) is 8.78 Å². The van der Waals surface area contributed by atoms with Gasteiger partial charge < -0.3 is 19.9 Å². The highest BCUT2D eigenvalue weighted by Gasteiger charge is 2.53. The number of aryl methyl sites for hydroxylation is 1. The molecule has 9 heteroatoms. The summed E-state index contributed by atoms with van der Waals surface area (Å²) in [5, 5.41) is 12.9. The number of benzene rings is 1. The molecule has 1 aliphatic carbocycles. The molecule has 32 heavy (non-hydrogen) atoms. The van der Waals surface area contributed by atoms with E-state index in [-0.39, 0.29) is 22.4 Å². The zero-order chi connectivity index (χ0) is 22.8. The highest BCUT2D eigenvalue weighted by atomic mass is 19.1. The summed E-state index contributed by atoms with van der Waals surface area (Å²) >= 11 is 0. The van der Waals surface area contributed by atoms with Gasteiger partial charge in [-0.25, -0.2) is 8.78 Å². The van der Waals surface area contributed by atoms with Crippen molar-refractivity contribution in [3.8, 4) is 5.75 Å². The first kappa shape index (κ1) is 20.7. The lowest BCUT2D eigenvalue weighted by Crippen LogP contribution is -2.55. The van der Waals surface area contributed by atoms with Crippen molar-refractivity contribution in [2.75, 3.05) is 6.54 Å². The van der Waals surface area contributed by atoms with Crippen LogP contribution in [0.2, 0.25) is 0 Å². The first-order valence-electron chi connectivity index (χ1n) is 10.7. The van der Waals surface area contributed by atoms with Gasteiger partial charge in [-0.3, -0.25) is 14.4 Å². The smallest absolute Gasteiger partial charge is 0.275 e. The van der Waals surface area contributed by atoms with E-state index >= 15 is 0 Å². The van der Waals surface area contributed by atoms with Crippen molar-refractivity contribution in [3.63, 3.8) is 0 Å². The summed E-state index contributed by atoms with van der Waals surface area (Å²) in [6.07, 6.45) is 5.01. The van der Waals surface area contributed by atoms with Gasteiger partial charge in [-0.15, -0.1) is 0 Å². The van der Waals surface area contributed by atoms with Gasteiger partial charge in [-0.1, -0.05) is 6.42 Å². The number of rotatable bonds is 3. The second kappa shape index (κ2) is 7.15. The Kier molecular flexibility index (Phi) is 4.61. The Morgan fingerprint density at radius 3 is 2.72 bits per heavy atom. The first-order chi connectivity index (χ1) is 15.2. The number of halogens is 2. The van der Waals surface area contributed by atoms with Crippen molar-refractivity contribution in [2.45, 2.75) is 51.2 Å². The van der Waals surface area contributed by atoms with Crippen molar-refractivity contribution in [1.82, 2.24) is 14.8 Å². The SMILES string of the molecule is Cc1cc(F)c(CNC(=O)c2cn3c(c(O)c2=O)C(=O)N2C[C@H]4CCC[C@@]2(C4)C3)c(F)c1. The standard InChI is InChI=1S/C23H23F2N3O4/c1-12-5-16(24)14(17(25)6-12)8-26-21(31)15-10-27-11-23-4-2-3-13(7-23)9-28(23)22(32)18(27)20(30)19(15)29/h5-6,10,13,30H,2-4,7-9,11H2,1H3,(H,26,31)/t13-,23+/m0/s1. The van der Waals surface area contributed by atoms with Crippen molar-refractivity contribution in [3.05, 3.63) is 62.6 Å². The monoisotopic (exact) mass is 443 g/mol. The average Bonchev–Trinajstić information content (AvgIpc) is 2.99. The fourth-order valence-electron chi connectivity index (χ4n) is 5.61. The van der Waals surface area contributed by atoms with Crippen LogP contribution in [0, 0.1) is 24.5 Å². The Balaban J connectivity index is 1.46. The Labute approximate surface area is 182 Å². The Morgan fingerprint density at radius 2 is 2.00 bits per heavy atom. The predicted molar refractivity (Wildman–Crippen MR) is 110 cm³/mol. The van der Waals surface area contributed by atoms with Gasteiger partial charge in [0.25, 0.3) is 11.8 Å². The van der Waals surface area contributed by atoms with Crippen LogP contribution in [0.1, 0.15) is 57.7 Å². The number of carbonyl (C=O) groups excluding carboxylic acids is 2. The van der Waals surface area contributed by atoms with Gasteiger partial charge in [-0.05, 0) is 49.8 Å². The van der Waals surface area contributed by atoms with E-state index in [4.69, 9.17) is 0 Å². The number of carbonyl (C=O) groups is 2. The molecule has 0 radical (unpaired) electrons. The molecule has 1 aromatic carbocycles. The van der Waals surface area contributed by atoms with Crippen LogP contribution in [0.25, 0.3) is 0 Å². The number of nitrogens with zero attached hydrogens (tertiary/aromatic N) is 2. The molecule has 2 N–H and O–H groups in total. The topological polar surface area (TPSA) is 91.6 Å². The normalized spacial score (nSPS) is 23.7. The number of aromatic nitrogens is 1. The van der Waals surface area contributed by atoms with Gasteiger partial charge in [0.05, 0.1) is 5.54 Å². The van der Waals surface area contributed by atoms with E-state index in [1.807, 2.05) is 0 Å². The molecule has 2 bridgehead atoms. The lowest BCUT2D eigenvalue weighted by molar-refractivity contribution is 0.0419. The number of hydrogen-bond acceptors (Lipinski definition) is 4. The number of amides is 2. The molecule has 2 aliphatic heterocycles. The summed E-state index contributed by atoms with van der Waals surface area (Å²) in [7, 11) is 0. The molecular formula is C23H23F2N3O4. The van der Waals surface area contributed by atoms with E-state index in [0.29, 0.717) is 24.6 Å². The minimum atomic E-state index is -0.981. The van der Waals surface area contributed by atoms with E-state index in [1.165, 1.54) is 10.8 Å². The van der Waals surface area contributed by atoms with Crippen molar-refractivity contribution >= 4 is 11.8 Å². The van der Waals surface area contributed by atoms with Crippen LogP contribution in [-0.4, -0.2) is 38.5 Å².